The first-order valence-corrected chi connectivity index (χ1v) is 8.46. The standard InChI is InChI=1S/C19H22BrN/c1-2-3-4-5-6-16-7-9-17(10-8-16)11-12-18-13-14-21-19(20)15-18/h7-15H,2-6H2,1H3. The third-order valence-electron chi connectivity index (χ3n) is 3.52. The molecule has 0 aliphatic heterocycles. The molecule has 0 amide bonds. The highest BCUT2D eigenvalue weighted by atomic mass is 79.9. The summed E-state index contributed by atoms with van der Waals surface area (Å²) in [4.78, 5) is 4.13. The molecular formula is C19H22BrN. The van der Waals surface area contributed by atoms with Crippen molar-refractivity contribution >= 4 is 28.1 Å². The van der Waals surface area contributed by atoms with Crippen LogP contribution in [0.4, 0.5) is 0 Å². The normalized spacial score (nSPS) is 11.1. The summed E-state index contributed by atoms with van der Waals surface area (Å²) in [6.07, 6.45) is 12.6. The third-order valence-corrected chi connectivity index (χ3v) is 3.95. The molecule has 21 heavy (non-hydrogen) atoms. The molecule has 1 aromatic heterocycles. The molecule has 2 rings (SSSR count). The summed E-state index contributed by atoms with van der Waals surface area (Å²) in [5, 5.41) is 0. The fourth-order valence-electron chi connectivity index (χ4n) is 2.26. The van der Waals surface area contributed by atoms with Gasteiger partial charge in [0.2, 0.25) is 0 Å². The molecular weight excluding hydrogens is 322 g/mol. The zero-order chi connectivity index (χ0) is 14.9. The highest BCUT2D eigenvalue weighted by molar-refractivity contribution is 9.10. The monoisotopic (exact) mass is 343 g/mol. The van der Waals surface area contributed by atoms with E-state index >= 15 is 0 Å². The van der Waals surface area contributed by atoms with Crippen LogP contribution in [0.2, 0.25) is 0 Å². The molecule has 2 aromatic rings. The van der Waals surface area contributed by atoms with Gasteiger partial charge in [0.1, 0.15) is 4.60 Å². The van der Waals surface area contributed by atoms with E-state index in [1.165, 1.54) is 43.2 Å². The lowest BCUT2D eigenvalue weighted by Crippen LogP contribution is -1.86. The molecule has 1 aromatic carbocycles. The van der Waals surface area contributed by atoms with E-state index in [4.69, 9.17) is 0 Å². The van der Waals surface area contributed by atoms with Gasteiger partial charge in [-0.05, 0) is 57.6 Å². The van der Waals surface area contributed by atoms with Crippen molar-refractivity contribution in [1.82, 2.24) is 4.98 Å². The van der Waals surface area contributed by atoms with Gasteiger partial charge in [0.05, 0.1) is 0 Å². The zero-order valence-corrected chi connectivity index (χ0v) is 14.1. The molecule has 2 heteroatoms. The second-order valence-electron chi connectivity index (χ2n) is 5.30. The van der Waals surface area contributed by atoms with Crippen LogP contribution in [0.1, 0.15) is 49.3 Å². The highest BCUT2D eigenvalue weighted by Crippen LogP contribution is 2.14. The van der Waals surface area contributed by atoms with Gasteiger partial charge in [-0.3, -0.25) is 0 Å². The van der Waals surface area contributed by atoms with Crippen LogP contribution in [-0.2, 0) is 6.42 Å². The Bertz CT molecular complexity index is 572. The molecule has 0 N–H and O–H groups in total. The Labute approximate surface area is 136 Å². The second kappa shape index (κ2) is 8.78. The smallest absolute Gasteiger partial charge is 0.106 e. The fraction of sp³-hybridized carbons (Fsp3) is 0.316. The highest BCUT2D eigenvalue weighted by Gasteiger charge is 1.94. The molecule has 1 heterocycles. The van der Waals surface area contributed by atoms with E-state index in [1.807, 2.05) is 18.3 Å². The molecule has 0 aliphatic carbocycles. The average molecular weight is 344 g/mol. The van der Waals surface area contributed by atoms with Gasteiger partial charge < -0.3 is 0 Å². The Hall–Kier alpha value is -1.41. The van der Waals surface area contributed by atoms with Gasteiger partial charge in [-0.15, -0.1) is 0 Å². The topological polar surface area (TPSA) is 12.9 Å². The summed E-state index contributed by atoms with van der Waals surface area (Å²) in [6.45, 7) is 2.25. The molecule has 0 radical (unpaired) electrons. The lowest BCUT2D eigenvalue weighted by Gasteiger charge is -2.02. The number of aromatic nitrogens is 1. The van der Waals surface area contributed by atoms with Gasteiger partial charge in [0.15, 0.2) is 0 Å². The lowest BCUT2D eigenvalue weighted by atomic mass is 10.0. The number of pyridine rings is 1. The van der Waals surface area contributed by atoms with Crippen LogP contribution in [-0.4, -0.2) is 4.98 Å². The van der Waals surface area contributed by atoms with Crippen LogP contribution in [0.15, 0.2) is 47.2 Å². The van der Waals surface area contributed by atoms with Crippen LogP contribution in [0.25, 0.3) is 12.2 Å². The van der Waals surface area contributed by atoms with Crippen LogP contribution >= 0.6 is 15.9 Å². The molecule has 0 saturated carbocycles. The number of nitrogens with zero attached hydrogens (tertiary/aromatic N) is 1. The number of hydrogen-bond acceptors (Lipinski definition) is 1. The van der Waals surface area contributed by atoms with Gasteiger partial charge in [-0.1, -0.05) is 62.6 Å². The Balaban J connectivity index is 1.90. The summed E-state index contributed by atoms with van der Waals surface area (Å²) < 4.78 is 0.868. The van der Waals surface area contributed by atoms with Crippen molar-refractivity contribution in [2.75, 3.05) is 0 Å². The Morgan fingerprint density at radius 3 is 2.43 bits per heavy atom. The van der Waals surface area contributed by atoms with Crippen molar-refractivity contribution in [1.29, 1.82) is 0 Å². The van der Waals surface area contributed by atoms with E-state index in [-0.39, 0.29) is 0 Å². The minimum absolute atomic E-state index is 0.868. The molecule has 0 spiro atoms. The Morgan fingerprint density at radius 2 is 1.71 bits per heavy atom. The van der Waals surface area contributed by atoms with Gasteiger partial charge in [0, 0.05) is 6.20 Å². The van der Waals surface area contributed by atoms with Crippen molar-refractivity contribution in [3.05, 3.63) is 63.9 Å². The van der Waals surface area contributed by atoms with Crippen LogP contribution in [0.3, 0.4) is 0 Å². The van der Waals surface area contributed by atoms with Gasteiger partial charge in [-0.2, -0.15) is 0 Å². The largest absolute Gasteiger partial charge is 0.249 e. The molecule has 110 valence electrons. The van der Waals surface area contributed by atoms with Crippen molar-refractivity contribution in [2.24, 2.45) is 0 Å². The maximum Gasteiger partial charge on any atom is 0.106 e. The molecule has 0 aliphatic rings. The van der Waals surface area contributed by atoms with Gasteiger partial charge in [0.25, 0.3) is 0 Å². The molecule has 0 fully saturated rings. The first-order valence-electron chi connectivity index (χ1n) is 7.66. The van der Waals surface area contributed by atoms with Crippen LogP contribution in [0.5, 0.6) is 0 Å². The number of rotatable bonds is 7. The predicted octanol–water partition coefficient (Wildman–Crippen LogP) is 6.14. The van der Waals surface area contributed by atoms with Crippen molar-refractivity contribution in [2.45, 2.75) is 39.0 Å². The molecule has 0 atom stereocenters. The van der Waals surface area contributed by atoms with E-state index in [1.54, 1.807) is 0 Å². The number of aryl methyl sites for hydroxylation is 1. The van der Waals surface area contributed by atoms with Crippen molar-refractivity contribution in [3.63, 3.8) is 0 Å². The Kier molecular flexibility index (Phi) is 6.68. The molecule has 0 unspecified atom stereocenters. The quantitative estimate of drug-likeness (QED) is 0.434. The first kappa shape index (κ1) is 16.0. The maximum atomic E-state index is 4.13. The van der Waals surface area contributed by atoms with Gasteiger partial charge in [-0.25, -0.2) is 4.98 Å². The minimum atomic E-state index is 0.868. The summed E-state index contributed by atoms with van der Waals surface area (Å²) in [5.41, 5.74) is 3.83. The van der Waals surface area contributed by atoms with E-state index < -0.39 is 0 Å². The second-order valence-corrected chi connectivity index (χ2v) is 6.11. The first-order chi connectivity index (χ1) is 10.3. The summed E-state index contributed by atoms with van der Waals surface area (Å²) in [6, 6.07) is 12.9. The SMILES string of the molecule is CCCCCCc1ccc(C=Cc2ccnc(Br)c2)cc1. The number of benzene rings is 1. The maximum absolute atomic E-state index is 4.13. The van der Waals surface area contributed by atoms with E-state index in [9.17, 15) is 0 Å². The summed E-state index contributed by atoms with van der Waals surface area (Å²) >= 11 is 3.39. The van der Waals surface area contributed by atoms with Crippen LogP contribution < -0.4 is 0 Å². The van der Waals surface area contributed by atoms with E-state index in [2.05, 4.69) is 64.3 Å². The van der Waals surface area contributed by atoms with E-state index in [0.29, 0.717) is 0 Å². The van der Waals surface area contributed by atoms with Crippen molar-refractivity contribution < 1.29 is 0 Å². The summed E-state index contributed by atoms with van der Waals surface area (Å²) in [7, 11) is 0. The lowest BCUT2D eigenvalue weighted by molar-refractivity contribution is 0.667. The average Bonchev–Trinajstić information content (AvgIpc) is 2.51. The number of hydrogen-bond donors (Lipinski definition) is 0. The Morgan fingerprint density at radius 1 is 0.952 bits per heavy atom. The minimum Gasteiger partial charge on any atom is -0.249 e. The summed E-state index contributed by atoms with van der Waals surface area (Å²) in [5.74, 6) is 0. The van der Waals surface area contributed by atoms with Crippen LogP contribution in [0, 0.1) is 0 Å². The third kappa shape index (κ3) is 5.84. The molecule has 1 nitrogen and oxygen atoms in total. The molecule has 0 saturated heterocycles. The fourth-order valence-corrected chi connectivity index (χ4v) is 2.65. The number of halogens is 1. The predicted molar refractivity (Wildman–Crippen MR) is 95.2 cm³/mol. The van der Waals surface area contributed by atoms with E-state index in [0.717, 1.165) is 10.2 Å². The molecule has 0 bridgehead atoms. The zero-order valence-electron chi connectivity index (χ0n) is 12.6. The number of unbranched alkanes of at least 4 members (excludes halogenated alkanes) is 3. The van der Waals surface area contributed by atoms with Crippen molar-refractivity contribution in [3.8, 4) is 0 Å². The van der Waals surface area contributed by atoms with Gasteiger partial charge >= 0.3 is 0 Å².